The third-order valence-corrected chi connectivity index (χ3v) is 3.58. The molecule has 0 aromatic carbocycles. The van der Waals surface area contributed by atoms with Gasteiger partial charge in [-0.2, -0.15) is 0 Å². The minimum atomic E-state index is -0.938. The fourth-order valence-corrected chi connectivity index (χ4v) is 2.41. The van der Waals surface area contributed by atoms with E-state index in [4.69, 9.17) is 10.5 Å². The molecular weight excluding hydrogens is 218 g/mol. The van der Waals surface area contributed by atoms with Crippen LogP contribution in [0.5, 0.6) is 0 Å². The number of aliphatic hydroxyl groups excluding tert-OH is 2. The normalized spacial score (nSPS) is 35.1. The van der Waals surface area contributed by atoms with Crippen LogP contribution in [0.2, 0.25) is 0 Å². The van der Waals surface area contributed by atoms with Crippen molar-refractivity contribution in [3.05, 3.63) is 0 Å². The summed E-state index contributed by atoms with van der Waals surface area (Å²) in [6.45, 7) is 4.37. The summed E-state index contributed by atoms with van der Waals surface area (Å²) in [4.78, 5) is 0. The summed E-state index contributed by atoms with van der Waals surface area (Å²) in [6.07, 6.45) is 4.16. The van der Waals surface area contributed by atoms with Gasteiger partial charge in [-0.1, -0.05) is 46.0 Å². The molecule has 0 spiro atoms. The summed E-state index contributed by atoms with van der Waals surface area (Å²) in [6, 6.07) is 0. The van der Waals surface area contributed by atoms with Gasteiger partial charge >= 0.3 is 0 Å². The number of aliphatic hydroxyl groups is 2. The van der Waals surface area contributed by atoms with Gasteiger partial charge in [-0.3, -0.25) is 0 Å². The predicted molar refractivity (Wildman–Crippen MR) is 67.4 cm³/mol. The molecule has 0 bridgehead atoms. The van der Waals surface area contributed by atoms with Gasteiger partial charge in [0.05, 0.1) is 6.10 Å². The molecule has 5 atom stereocenters. The molecule has 4 heteroatoms. The predicted octanol–water partition coefficient (Wildman–Crippen LogP) is 1.39. The third-order valence-electron chi connectivity index (χ3n) is 3.58. The Kier molecular flexibility index (Phi) is 6.41. The van der Waals surface area contributed by atoms with Crippen LogP contribution in [0.3, 0.4) is 0 Å². The van der Waals surface area contributed by atoms with E-state index in [0.717, 1.165) is 12.8 Å². The summed E-state index contributed by atoms with van der Waals surface area (Å²) >= 11 is 0. The van der Waals surface area contributed by atoms with E-state index in [9.17, 15) is 10.2 Å². The zero-order valence-electron chi connectivity index (χ0n) is 11.0. The summed E-state index contributed by atoms with van der Waals surface area (Å²) in [5.74, 6) is 0.504. The highest BCUT2D eigenvalue weighted by Crippen LogP contribution is 2.26. The summed E-state index contributed by atoms with van der Waals surface area (Å²) in [5.41, 5.74) is 5.54. The van der Waals surface area contributed by atoms with Crippen LogP contribution < -0.4 is 5.73 Å². The van der Waals surface area contributed by atoms with E-state index >= 15 is 0 Å². The minimum absolute atomic E-state index is 0.304. The smallest absolute Gasteiger partial charge is 0.135 e. The van der Waals surface area contributed by atoms with Gasteiger partial charge in [-0.25, -0.2) is 0 Å². The number of hydrogen-bond acceptors (Lipinski definition) is 4. The molecule has 102 valence electrons. The average Bonchev–Trinajstić information content (AvgIpc) is 2.53. The van der Waals surface area contributed by atoms with E-state index in [1.807, 2.05) is 0 Å². The van der Waals surface area contributed by atoms with Crippen molar-refractivity contribution in [3.8, 4) is 0 Å². The van der Waals surface area contributed by atoms with Gasteiger partial charge in [0.1, 0.15) is 18.4 Å². The average molecular weight is 245 g/mol. The van der Waals surface area contributed by atoms with Crippen molar-refractivity contribution in [1.82, 2.24) is 0 Å². The van der Waals surface area contributed by atoms with E-state index < -0.39 is 18.4 Å². The molecule has 1 aliphatic heterocycles. The largest absolute Gasteiger partial charge is 0.388 e. The maximum absolute atomic E-state index is 9.73. The molecule has 0 aromatic heterocycles. The number of rotatable bonds is 7. The second-order valence-electron chi connectivity index (χ2n) is 5.31. The molecule has 1 saturated heterocycles. The summed E-state index contributed by atoms with van der Waals surface area (Å²) in [7, 11) is 0. The van der Waals surface area contributed by atoms with E-state index in [1.165, 1.54) is 25.7 Å². The first-order valence-electron chi connectivity index (χ1n) is 6.83. The monoisotopic (exact) mass is 245 g/mol. The second-order valence-corrected chi connectivity index (χ2v) is 5.31. The van der Waals surface area contributed by atoms with E-state index in [0.29, 0.717) is 5.92 Å². The fraction of sp³-hybridized carbons (Fsp3) is 1.00. The first-order chi connectivity index (χ1) is 8.06. The number of hydrogen-bond donors (Lipinski definition) is 3. The molecule has 1 rings (SSSR count). The molecule has 0 radical (unpaired) electrons. The highest BCUT2D eigenvalue weighted by atomic mass is 16.6. The number of ether oxygens (including phenoxy) is 1. The Morgan fingerprint density at radius 1 is 1.18 bits per heavy atom. The van der Waals surface area contributed by atoms with Crippen molar-refractivity contribution in [2.75, 3.05) is 0 Å². The van der Waals surface area contributed by atoms with Crippen molar-refractivity contribution < 1.29 is 14.9 Å². The lowest BCUT2D eigenvalue weighted by Crippen LogP contribution is -2.36. The Bertz CT molecular complexity index is 213. The molecule has 0 aliphatic carbocycles. The van der Waals surface area contributed by atoms with Gasteiger partial charge < -0.3 is 20.7 Å². The van der Waals surface area contributed by atoms with Gasteiger partial charge in [-0.05, 0) is 12.3 Å². The van der Waals surface area contributed by atoms with Crippen molar-refractivity contribution in [2.24, 2.45) is 11.7 Å². The molecule has 1 heterocycles. The first kappa shape index (κ1) is 14.9. The maximum atomic E-state index is 9.73. The highest BCUT2D eigenvalue weighted by Gasteiger charge is 2.40. The van der Waals surface area contributed by atoms with Crippen molar-refractivity contribution in [2.45, 2.75) is 76.9 Å². The van der Waals surface area contributed by atoms with Crippen LogP contribution in [0.4, 0.5) is 0 Å². The molecule has 0 saturated carbocycles. The highest BCUT2D eigenvalue weighted by molar-refractivity contribution is 4.88. The molecule has 4 N–H and O–H groups in total. The minimum Gasteiger partial charge on any atom is -0.388 e. The van der Waals surface area contributed by atoms with Crippen LogP contribution >= 0.6 is 0 Å². The Balaban J connectivity index is 2.20. The molecule has 4 nitrogen and oxygen atoms in total. The molecule has 17 heavy (non-hydrogen) atoms. The van der Waals surface area contributed by atoms with Crippen molar-refractivity contribution in [3.63, 3.8) is 0 Å². The molecule has 0 aromatic rings. The van der Waals surface area contributed by atoms with Crippen LogP contribution in [0.25, 0.3) is 0 Å². The van der Waals surface area contributed by atoms with Gasteiger partial charge in [-0.15, -0.1) is 0 Å². The van der Waals surface area contributed by atoms with E-state index in [-0.39, 0.29) is 6.10 Å². The molecule has 1 aliphatic rings. The zero-order valence-corrected chi connectivity index (χ0v) is 11.0. The quantitative estimate of drug-likeness (QED) is 0.592. The van der Waals surface area contributed by atoms with Crippen LogP contribution in [0, 0.1) is 5.92 Å². The van der Waals surface area contributed by atoms with Gasteiger partial charge in [0, 0.05) is 0 Å². The second kappa shape index (κ2) is 7.31. The van der Waals surface area contributed by atoms with E-state index in [2.05, 4.69) is 13.8 Å². The lowest BCUT2D eigenvalue weighted by Gasteiger charge is -2.19. The first-order valence-corrected chi connectivity index (χ1v) is 6.83. The van der Waals surface area contributed by atoms with Crippen LogP contribution in [0.1, 0.15) is 52.4 Å². The lowest BCUT2D eigenvalue weighted by atomic mass is 9.94. The Labute approximate surface area is 104 Å². The molecule has 3 unspecified atom stereocenters. The Hall–Kier alpha value is -0.160. The van der Waals surface area contributed by atoms with Crippen LogP contribution in [0.15, 0.2) is 0 Å². The molecule has 0 amide bonds. The molecular formula is C13H27NO3. The number of nitrogens with two attached hydrogens (primary N) is 1. The SMILES string of the molecule is CCCCCCC(C)C[C@H]1O[C@@H](N)C(O)C1O. The topological polar surface area (TPSA) is 75.7 Å². The Morgan fingerprint density at radius 2 is 1.88 bits per heavy atom. The van der Waals surface area contributed by atoms with E-state index in [1.54, 1.807) is 0 Å². The van der Waals surface area contributed by atoms with Gasteiger partial charge in [0.25, 0.3) is 0 Å². The lowest BCUT2D eigenvalue weighted by molar-refractivity contribution is -0.00150. The standard InChI is InChI=1S/C13H27NO3/c1-3-4-5-6-7-9(2)8-10-11(15)12(16)13(14)17-10/h9-13,15-16H,3-8,14H2,1-2H3/t9?,10-,11?,12?,13-/m1/s1. The zero-order chi connectivity index (χ0) is 12.8. The summed E-state index contributed by atoms with van der Waals surface area (Å²) < 4.78 is 5.36. The Morgan fingerprint density at radius 3 is 2.41 bits per heavy atom. The summed E-state index contributed by atoms with van der Waals surface area (Å²) in [5, 5.41) is 19.2. The van der Waals surface area contributed by atoms with Crippen LogP contribution in [-0.4, -0.2) is 34.8 Å². The van der Waals surface area contributed by atoms with Gasteiger partial charge in [0.2, 0.25) is 0 Å². The van der Waals surface area contributed by atoms with Gasteiger partial charge in [0.15, 0.2) is 0 Å². The number of unbranched alkanes of at least 4 members (excludes halogenated alkanes) is 3. The fourth-order valence-electron chi connectivity index (χ4n) is 2.41. The van der Waals surface area contributed by atoms with Crippen molar-refractivity contribution >= 4 is 0 Å². The van der Waals surface area contributed by atoms with Crippen molar-refractivity contribution in [1.29, 1.82) is 0 Å². The molecule has 1 fully saturated rings. The maximum Gasteiger partial charge on any atom is 0.135 e. The van der Waals surface area contributed by atoms with Crippen LogP contribution in [-0.2, 0) is 4.74 Å². The third kappa shape index (κ3) is 4.54.